The molecule has 1 fully saturated rings. The van der Waals surface area contributed by atoms with Gasteiger partial charge in [0.05, 0.1) is 0 Å². The van der Waals surface area contributed by atoms with Gasteiger partial charge in [-0.2, -0.15) is 0 Å². The zero-order chi connectivity index (χ0) is 20.2. The minimum atomic E-state index is -0.200. The molecule has 4 heteroatoms. The third-order valence-electron chi connectivity index (χ3n) is 5.61. The number of amides is 1. The number of hydrogen-bond acceptors (Lipinski definition) is 2. The van der Waals surface area contributed by atoms with Gasteiger partial charge in [0.25, 0.3) is 5.91 Å². The van der Waals surface area contributed by atoms with Gasteiger partial charge in [-0.05, 0) is 35.7 Å². The smallest absolute Gasteiger partial charge is 0.254 e. The first-order chi connectivity index (χ1) is 14.1. The maximum atomic E-state index is 14.3. The molecule has 3 aromatic carbocycles. The lowest BCUT2D eigenvalue weighted by molar-refractivity contribution is 0.0628. The second-order valence-corrected chi connectivity index (χ2v) is 7.52. The van der Waals surface area contributed by atoms with Crippen LogP contribution in [-0.2, 0) is 6.54 Å². The molecule has 1 heterocycles. The summed E-state index contributed by atoms with van der Waals surface area (Å²) >= 11 is 0. The van der Waals surface area contributed by atoms with Crippen molar-refractivity contribution < 1.29 is 9.18 Å². The molecule has 0 aromatic heterocycles. The molecule has 4 rings (SSSR count). The van der Waals surface area contributed by atoms with Gasteiger partial charge in [0.15, 0.2) is 0 Å². The standard InChI is InChI=1S/C25H25FN2O/c1-19-8-2-4-10-21(19)25(29)28-16-14-27(15-17-28)18-20-9-3-5-11-22(20)23-12-6-7-13-24(23)26/h2-13H,14-18H2,1H3. The van der Waals surface area contributed by atoms with Crippen molar-refractivity contribution in [2.24, 2.45) is 0 Å². The molecule has 0 radical (unpaired) electrons. The van der Waals surface area contributed by atoms with Crippen molar-refractivity contribution in [1.29, 1.82) is 0 Å². The van der Waals surface area contributed by atoms with Crippen LogP contribution in [0.5, 0.6) is 0 Å². The molecule has 1 aliphatic rings. The van der Waals surface area contributed by atoms with Crippen LogP contribution >= 0.6 is 0 Å². The highest BCUT2D eigenvalue weighted by atomic mass is 19.1. The molecule has 1 amide bonds. The molecule has 1 aliphatic heterocycles. The molecule has 0 unspecified atom stereocenters. The van der Waals surface area contributed by atoms with Gasteiger partial charge in [-0.1, -0.05) is 60.7 Å². The third-order valence-corrected chi connectivity index (χ3v) is 5.61. The van der Waals surface area contributed by atoms with E-state index in [0.29, 0.717) is 18.7 Å². The fourth-order valence-corrected chi connectivity index (χ4v) is 3.93. The Balaban J connectivity index is 1.44. The summed E-state index contributed by atoms with van der Waals surface area (Å²) in [5.74, 6) is -0.0943. The fourth-order valence-electron chi connectivity index (χ4n) is 3.93. The Kier molecular flexibility index (Phi) is 5.72. The number of halogens is 1. The van der Waals surface area contributed by atoms with E-state index in [9.17, 15) is 9.18 Å². The van der Waals surface area contributed by atoms with Crippen LogP contribution in [0.4, 0.5) is 4.39 Å². The zero-order valence-corrected chi connectivity index (χ0v) is 16.6. The van der Waals surface area contributed by atoms with Crippen LogP contribution in [0.25, 0.3) is 11.1 Å². The molecule has 0 saturated carbocycles. The van der Waals surface area contributed by atoms with E-state index in [1.165, 1.54) is 6.07 Å². The number of hydrogen-bond donors (Lipinski definition) is 0. The minimum Gasteiger partial charge on any atom is -0.336 e. The Morgan fingerprint density at radius 2 is 1.45 bits per heavy atom. The molecule has 29 heavy (non-hydrogen) atoms. The largest absolute Gasteiger partial charge is 0.336 e. The first-order valence-electron chi connectivity index (χ1n) is 10.0. The van der Waals surface area contributed by atoms with E-state index < -0.39 is 0 Å². The maximum absolute atomic E-state index is 14.3. The lowest BCUT2D eigenvalue weighted by Crippen LogP contribution is -2.48. The van der Waals surface area contributed by atoms with Gasteiger partial charge in [0, 0.05) is 43.9 Å². The Labute approximate surface area is 171 Å². The van der Waals surface area contributed by atoms with Crippen LogP contribution in [0.15, 0.2) is 72.8 Å². The van der Waals surface area contributed by atoms with Crippen molar-refractivity contribution in [1.82, 2.24) is 9.80 Å². The van der Waals surface area contributed by atoms with Crippen molar-refractivity contribution in [3.05, 3.63) is 95.3 Å². The fraction of sp³-hybridized carbons (Fsp3) is 0.240. The lowest BCUT2D eigenvalue weighted by Gasteiger charge is -2.35. The number of benzene rings is 3. The summed E-state index contributed by atoms with van der Waals surface area (Å²) in [4.78, 5) is 17.1. The van der Waals surface area contributed by atoms with Crippen molar-refractivity contribution in [3.63, 3.8) is 0 Å². The van der Waals surface area contributed by atoms with E-state index in [1.54, 1.807) is 6.07 Å². The van der Waals surface area contributed by atoms with Gasteiger partial charge in [0.1, 0.15) is 5.82 Å². The number of carbonyl (C=O) groups excluding carboxylic acids is 1. The van der Waals surface area contributed by atoms with E-state index in [0.717, 1.165) is 41.9 Å². The topological polar surface area (TPSA) is 23.6 Å². The van der Waals surface area contributed by atoms with Crippen LogP contribution < -0.4 is 0 Å². The summed E-state index contributed by atoms with van der Waals surface area (Å²) in [6, 6.07) is 22.6. The number of rotatable bonds is 4. The Morgan fingerprint density at radius 3 is 2.17 bits per heavy atom. The van der Waals surface area contributed by atoms with E-state index >= 15 is 0 Å². The summed E-state index contributed by atoms with van der Waals surface area (Å²) in [6.45, 7) is 5.75. The van der Waals surface area contributed by atoms with Crippen LogP contribution in [0.2, 0.25) is 0 Å². The molecular formula is C25H25FN2O. The summed E-state index contributed by atoms with van der Waals surface area (Å²) in [5, 5.41) is 0. The van der Waals surface area contributed by atoms with Gasteiger partial charge in [-0.3, -0.25) is 9.69 Å². The third kappa shape index (κ3) is 4.22. The first kappa shape index (κ1) is 19.3. The highest BCUT2D eigenvalue weighted by Crippen LogP contribution is 2.27. The second kappa shape index (κ2) is 8.58. The number of aryl methyl sites for hydroxylation is 1. The molecule has 1 saturated heterocycles. The second-order valence-electron chi connectivity index (χ2n) is 7.52. The maximum Gasteiger partial charge on any atom is 0.254 e. The SMILES string of the molecule is Cc1ccccc1C(=O)N1CCN(Cc2ccccc2-c2ccccc2F)CC1. The average molecular weight is 388 g/mol. The monoisotopic (exact) mass is 388 g/mol. The van der Waals surface area contributed by atoms with Crippen molar-refractivity contribution in [2.75, 3.05) is 26.2 Å². The molecule has 3 aromatic rings. The van der Waals surface area contributed by atoms with E-state index in [2.05, 4.69) is 11.0 Å². The molecule has 0 spiro atoms. The van der Waals surface area contributed by atoms with Gasteiger partial charge >= 0.3 is 0 Å². The van der Waals surface area contributed by atoms with Crippen molar-refractivity contribution in [2.45, 2.75) is 13.5 Å². The minimum absolute atomic E-state index is 0.106. The van der Waals surface area contributed by atoms with Gasteiger partial charge in [-0.15, -0.1) is 0 Å². The highest BCUT2D eigenvalue weighted by molar-refractivity contribution is 5.95. The predicted octanol–water partition coefficient (Wildman–Crippen LogP) is 4.76. The van der Waals surface area contributed by atoms with E-state index in [-0.39, 0.29) is 11.7 Å². The van der Waals surface area contributed by atoms with E-state index in [1.807, 2.05) is 66.4 Å². The highest BCUT2D eigenvalue weighted by Gasteiger charge is 2.23. The normalized spacial score (nSPS) is 14.8. The molecule has 0 N–H and O–H groups in total. The molecule has 0 aliphatic carbocycles. The summed E-state index contributed by atoms with van der Waals surface area (Å²) in [5.41, 5.74) is 4.47. The first-order valence-corrected chi connectivity index (χ1v) is 10.0. The predicted molar refractivity (Wildman–Crippen MR) is 114 cm³/mol. The van der Waals surface area contributed by atoms with Crippen molar-refractivity contribution in [3.8, 4) is 11.1 Å². The number of piperazine rings is 1. The molecular weight excluding hydrogens is 363 g/mol. The molecule has 0 bridgehead atoms. The van der Waals surface area contributed by atoms with Gasteiger partial charge in [0.2, 0.25) is 0 Å². The van der Waals surface area contributed by atoms with Crippen LogP contribution in [-0.4, -0.2) is 41.9 Å². The zero-order valence-electron chi connectivity index (χ0n) is 16.6. The quantitative estimate of drug-likeness (QED) is 0.643. The summed E-state index contributed by atoms with van der Waals surface area (Å²) in [6.07, 6.45) is 0. The van der Waals surface area contributed by atoms with Crippen molar-refractivity contribution >= 4 is 5.91 Å². The van der Waals surface area contributed by atoms with E-state index in [4.69, 9.17) is 0 Å². The molecule has 148 valence electrons. The van der Waals surface area contributed by atoms with Gasteiger partial charge < -0.3 is 4.90 Å². The van der Waals surface area contributed by atoms with Crippen LogP contribution in [0.3, 0.4) is 0 Å². The summed E-state index contributed by atoms with van der Waals surface area (Å²) < 4.78 is 14.3. The number of nitrogens with zero attached hydrogens (tertiary/aromatic N) is 2. The number of carbonyl (C=O) groups is 1. The summed E-state index contributed by atoms with van der Waals surface area (Å²) in [7, 11) is 0. The van der Waals surface area contributed by atoms with Crippen LogP contribution in [0, 0.1) is 12.7 Å². The Morgan fingerprint density at radius 1 is 0.828 bits per heavy atom. The average Bonchev–Trinajstić information content (AvgIpc) is 2.75. The Hall–Kier alpha value is -2.98. The molecule has 0 atom stereocenters. The van der Waals surface area contributed by atoms with Gasteiger partial charge in [-0.25, -0.2) is 4.39 Å². The van der Waals surface area contributed by atoms with Crippen LogP contribution in [0.1, 0.15) is 21.5 Å². The lowest BCUT2D eigenvalue weighted by atomic mass is 9.98. The Bertz CT molecular complexity index is 1010. The molecule has 3 nitrogen and oxygen atoms in total.